The Bertz CT molecular complexity index is 370. The number of aliphatic hydroxyl groups is 2. The average molecular weight is 317 g/mol. The van der Waals surface area contributed by atoms with Crippen LogP contribution in [-0.2, 0) is 5.41 Å². The lowest BCUT2D eigenvalue weighted by molar-refractivity contribution is 0.128. The molecular weight excluding hydrogens is 296 g/mol. The summed E-state index contributed by atoms with van der Waals surface area (Å²) in [7, 11) is -1.38. The lowest BCUT2D eigenvalue weighted by atomic mass is 9.84. The molecule has 4 heteroatoms. The standard InChI is InChI=1S/C13H21BrO2Si/c1-17(2,3)10-13(8-15,9-16)11-6-4-5-7-12(11)14/h4-7,15-16H,8-10H2,1-3H3. The Hall–Kier alpha value is -0.163. The first kappa shape index (κ1) is 14.9. The van der Waals surface area contributed by atoms with Crippen molar-refractivity contribution in [3.63, 3.8) is 0 Å². The Kier molecular flexibility index (Phi) is 4.95. The van der Waals surface area contributed by atoms with Crippen molar-refractivity contribution in [2.24, 2.45) is 0 Å². The lowest BCUT2D eigenvalue weighted by Gasteiger charge is -2.36. The van der Waals surface area contributed by atoms with Gasteiger partial charge in [0.2, 0.25) is 0 Å². The largest absolute Gasteiger partial charge is 0.395 e. The fourth-order valence-electron chi connectivity index (χ4n) is 2.33. The second-order valence-corrected chi connectivity index (χ2v) is 12.1. The molecule has 0 spiro atoms. The Labute approximate surface area is 113 Å². The van der Waals surface area contributed by atoms with Crippen LogP contribution in [0.2, 0.25) is 25.7 Å². The van der Waals surface area contributed by atoms with Gasteiger partial charge >= 0.3 is 0 Å². The highest BCUT2D eigenvalue weighted by Crippen LogP contribution is 2.36. The van der Waals surface area contributed by atoms with Crippen LogP contribution in [0.25, 0.3) is 0 Å². The summed E-state index contributed by atoms with van der Waals surface area (Å²) in [5.41, 5.74) is 0.484. The van der Waals surface area contributed by atoms with Crippen molar-refractivity contribution in [1.82, 2.24) is 0 Å². The third kappa shape index (κ3) is 3.65. The van der Waals surface area contributed by atoms with Gasteiger partial charge in [-0.25, -0.2) is 0 Å². The topological polar surface area (TPSA) is 40.5 Å². The lowest BCUT2D eigenvalue weighted by Crippen LogP contribution is -2.42. The number of hydrogen-bond donors (Lipinski definition) is 2. The highest BCUT2D eigenvalue weighted by molar-refractivity contribution is 9.10. The average Bonchev–Trinajstić information content (AvgIpc) is 2.25. The minimum Gasteiger partial charge on any atom is -0.395 e. The maximum absolute atomic E-state index is 9.76. The molecule has 0 aliphatic rings. The van der Waals surface area contributed by atoms with Gasteiger partial charge < -0.3 is 10.2 Å². The number of halogens is 1. The summed E-state index contributed by atoms with van der Waals surface area (Å²) < 4.78 is 0.960. The van der Waals surface area contributed by atoms with Crippen LogP contribution in [0.1, 0.15) is 5.56 Å². The van der Waals surface area contributed by atoms with E-state index in [9.17, 15) is 10.2 Å². The number of aliphatic hydroxyl groups excluding tert-OH is 2. The van der Waals surface area contributed by atoms with E-state index < -0.39 is 13.5 Å². The highest BCUT2D eigenvalue weighted by Gasteiger charge is 2.37. The van der Waals surface area contributed by atoms with E-state index in [4.69, 9.17) is 0 Å². The van der Waals surface area contributed by atoms with Crippen LogP contribution < -0.4 is 0 Å². The molecule has 0 unspecified atom stereocenters. The smallest absolute Gasteiger partial charge is 0.0547 e. The summed E-state index contributed by atoms with van der Waals surface area (Å²) in [6, 6.07) is 8.71. The number of benzene rings is 1. The molecule has 1 aromatic carbocycles. The van der Waals surface area contributed by atoms with Crippen LogP contribution in [0.5, 0.6) is 0 Å². The van der Waals surface area contributed by atoms with Gasteiger partial charge in [0.15, 0.2) is 0 Å². The summed E-state index contributed by atoms with van der Waals surface area (Å²) >= 11 is 3.51. The predicted octanol–water partition coefficient (Wildman–Crippen LogP) is 3.01. The molecular formula is C13H21BrO2Si. The van der Waals surface area contributed by atoms with Gasteiger partial charge in [-0.15, -0.1) is 0 Å². The fourth-order valence-corrected chi connectivity index (χ4v) is 5.48. The molecule has 0 bridgehead atoms. The molecule has 2 N–H and O–H groups in total. The van der Waals surface area contributed by atoms with Gasteiger partial charge in [-0.1, -0.05) is 53.8 Å². The molecule has 0 aliphatic carbocycles. The SMILES string of the molecule is C[Si](C)(C)CC(CO)(CO)c1ccccc1Br. The van der Waals surface area contributed by atoms with Gasteiger partial charge in [0.1, 0.15) is 0 Å². The van der Waals surface area contributed by atoms with Crippen LogP contribution in [-0.4, -0.2) is 31.5 Å². The summed E-state index contributed by atoms with van der Waals surface area (Å²) in [4.78, 5) is 0. The quantitative estimate of drug-likeness (QED) is 0.820. The van der Waals surface area contributed by atoms with Crippen LogP contribution in [0.4, 0.5) is 0 Å². The molecule has 0 aliphatic heterocycles. The minimum atomic E-state index is -1.38. The van der Waals surface area contributed by atoms with E-state index in [0.29, 0.717) is 0 Å². The summed E-state index contributed by atoms with van der Waals surface area (Å²) in [5, 5.41) is 19.5. The molecule has 1 rings (SSSR count). The second-order valence-electron chi connectivity index (χ2n) is 5.81. The molecule has 17 heavy (non-hydrogen) atoms. The van der Waals surface area contributed by atoms with E-state index in [0.717, 1.165) is 16.1 Å². The van der Waals surface area contributed by atoms with Gasteiger partial charge in [0, 0.05) is 18.0 Å². The second kappa shape index (κ2) is 5.65. The fraction of sp³-hybridized carbons (Fsp3) is 0.538. The summed E-state index contributed by atoms with van der Waals surface area (Å²) in [6.07, 6.45) is 0. The Morgan fingerprint density at radius 1 is 1.12 bits per heavy atom. The van der Waals surface area contributed by atoms with Crippen molar-refractivity contribution in [1.29, 1.82) is 0 Å². The van der Waals surface area contributed by atoms with Crippen molar-refractivity contribution < 1.29 is 10.2 Å². The molecule has 2 nitrogen and oxygen atoms in total. The normalized spacial score (nSPS) is 12.8. The first-order valence-electron chi connectivity index (χ1n) is 5.81. The molecule has 0 saturated heterocycles. The minimum absolute atomic E-state index is 0.0175. The number of hydrogen-bond acceptors (Lipinski definition) is 2. The molecule has 0 amide bonds. The molecule has 0 fully saturated rings. The zero-order valence-corrected chi connectivity index (χ0v) is 13.3. The maximum atomic E-state index is 9.76. The Balaban J connectivity index is 3.20. The van der Waals surface area contributed by atoms with E-state index in [-0.39, 0.29) is 13.2 Å². The van der Waals surface area contributed by atoms with Crippen molar-refractivity contribution in [3.05, 3.63) is 34.3 Å². The first-order valence-corrected chi connectivity index (χ1v) is 10.3. The molecule has 0 aromatic heterocycles. The van der Waals surface area contributed by atoms with E-state index in [1.807, 2.05) is 24.3 Å². The summed E-state index contributed by atoms with van der Waals surface area (Å²) in [6.45, 7) is 6.73. The van der Waals surface area contributed by atoms with Crippen molar-refractivity contribution in [3.8, 4) is 0 Å². The Morgan fingerprint density at radius 3 is 2.06 bits per heavy atom. The maximum Gasteiger partial charge on any atom is 0.0547 e. The molecule has 1 aromatic rings. The van der Waals surface area contributed by atoms with Gasteiger partial charge in [-0.3, -0.25) is 0 Å². The van der Waals surface area contributed by atoms with Crippen LogP contribution in [0, 0.1) is 0 Å². The predicted molar refractivity (Wildman–Crippen MR) is 78.1 cm³/mol. The third-order valence-corrected chi connectivity index (χ3v) is 5.35. The van der Waals surface area contributed by atoms with Gasteiger partial charge in [0.05, 0.1) is 13.2 Å². The van der Waals surface area contributed by atoms with E-state index in [1.54, 1.807) is 0 Å². The van der Waals surface area contributed by atoms with Gasteiger partial charge in [-0.05, 0) is 17.7 Å². The summed E-state index contributed by atoms with van der Waals surface area (Å²) in [5.74, 6) is 0. The zero-order chi connectivity index (χ0) is 13.1. The van der Waals surface area contributed by atoms with Crippen LogP contribution >= 0.6 is 15.9 Å². The Morgan fingerprint density at radius 2 is 1.65 bits per heavy atom. The third-order valence-electron chi connectivity index (χ3n) is 2.92. The van der Waals surface area contributed by atoms with E-state index in [1.165, 1.54) is 0 Å². The van der Waals surface area contributed by atoms with Crippen molar-refractivity contribution in [2.45, 2.75) is 31.1 Å². The van der Waals surface area contributed by atoms with Crippen LogP contribution in [0.15, 0.2) is 28.7 Å². The zero-order valence-electron chi connectivity index (χ0n) is 10.7. The first-order chi connectivity index (χ1) is 7.84. The number of rotatable bonds is 5. The van der Waals surface area contributed by atoms with Crippen molar-refractivity contribution in [2.75, 3.05) is 13.2 Å². The van der Waals surface area contributed by atoms with Crippen molar-refractivity contribution >= 4 is 24.0 Å². The molecule has 0 radical (unpaired) electrons. The molecule has 0 heterocycles. The van der Waals surface area contributed by atoms with Crippen LogP contribution in [0.3, 0.4) is 0 Å². The monoisotopic (exact) mass is 316 g/mol. The van der Waals surface area contributed by atoms with Gasteiger partial charge in [0.25, 0.3) is 0 Å². The molecule has 96 valence electrons. The molecule has 0 atom stereocenters. The van der Waals surface area contributed by atoms with E-state index in [2.05, 4.69) is 35.6 Å². The van der Waals surface area contributed by atoms with Gasteiger partial charge in [-0.2, -0.15) is 0 Å². The van der Waals surface area contributed by atoms with E-state index >= 15 is 0 Å². The highest BCUT2D eigenvalue weighted by atomic mass is 79.9. The molecule has 0 saturated carbocycles.